The number of carbonyl (C=O) groups is 2. The number of nitrogens with zero attached hydrogens (tertiary/aromatic N) is 1. The number of carbonyl (C=O) groups excluding carboxylic acids is 2. The molecule has 2 N–H and O–H groups in total. The number of para-hydroxylation sites is 1. The van der Waals surface area contributed by atoms with Crippen LogP contribution >= 0.6 is 0 Å². The van der Waals surface area contributed by atoms with E-state index in [0.29, 0.717) is 24.2 Å². The highest BCUT2D eigenvalue weighted by atomic mass is 32.2. The molecule has 0 spiro atoms. The van der Waals surface area contributed by atoms with Crippen LogP contribution in [0.2, 0.25) is 0 Å². The van der Waals surface area contributed by atoms with Gasteiger partial charge in [0.1, 0.15) is 0 Å². The monoisotopic (exact) mass is 385 g/mol. The first-order chi connectivity index (χ1) is 12.9. The Kier molecular flexibility index (Phi) is 4.45. The lowest BCUT2D eigenvalue weighted by atomic mass is 10.1. The van der Waals surface area contributed by atoms with Crippen LogP contribution in [0, 0.1) is 5.92 Å². The molecule has 2 aliphatic rings. The average molecular weight is 385 g/mol. The maximum absolute atomic E-state index is 12.6. The van der Waals surface area contributed by atoms with Crippen molar-refractivity contribution in [3.63, 3.8) is 0 Å². The predicted molar refractivity (Wildman–Crippen MR) is 101 cm³/mol. The number of anilines is 2. The number of hydrogen-bond acceptors (Lipinski definition) is 4. The van der Waals surface area contributed by atoms with Crippen LogP contribution in [0.3, 0.4) is 0 Å². The number of amides is 2. The predicted octanol–water partition coefficient (Wildman–Crippen LogP) is 1.51. The number of sulfonamides is 1. The molecule has 2 aromatic carbocycles. The van der Waals surface area contributed by atoms with E-state index in [1.54, 1.807) is 11.0 Å². The summed E-state index contributed by atoms with van der Waals surface area (Å²) in [5.74, 6) is -0.240. The number of hydrogen-bond donors (Lipinski definition) is 2. The molecule has 0 saturated carbocycles. The smallest absolute Gasteiger partial charge is 0.240 e. The SMILES string of the molecule is O=C1Cc2cc(S(=O)(=O)NCC3CC(=O)N(c4ccccc4)C3)ccc2N1. The zero-order chi connectivity index (χ0) is 19.0. The van der Waals surface area contributed by atoms with Gasteiger partial charge in [-0.15, -0.1) is 0 Å². The van der Waals surface area contributed by atoms with Crippen LogP contribution in [0.15, 0.2) is 53.4 Å². The van der Waals surface area contributed by atoms with Crippen molar-refractivity contribution in [2.24, 2.45) is 5.92 Å². The molecule has 1 fully saturated rings. The summed E-state index contributed by atoms with van der Waals surface area (Å²) in [7, 11) is -3.71. The van der Waals surface area contributed by atoms with Gasteiger partial charge in [0, 0.05) is 30.9 Å². The molecule has 8 heteroatoms. The zero-order valence-electron chi connectivity index (χ0n) is 14.5. The lowest BCUT2D eigenvalue weighted by Crippen LogP contribution is -2.31. The first-order valence-corrected chi connectivity index (χ1v) is 10.2. The summed E-state index contributed by atoms with van der Waals surface area (Å²) in [5, 5.41) is 2.68. The van der Waals surface area contributed by atoms with Crippen LogP contribution in [0.4, 0.5) is 11.4 Å². The highest BCUT2D eigenvalue weighted by Crippen LogP contribution is 2.27. The fourth-order valence-electron chi connectivity index (χ4n) is 3.46. The van der Waals surface area contributed by atoms with Crippen molar-refractivity contribution in [3.05, 3.63) is 54.1 Å². The van der Waals surface area contributed by atoms with E-state index in [9.17, 15) is 18.0 Å². The molecule has 1 unspecified atom stereocenters. The molecule has 1 saturated heterocycles. The molecule has 140 valence electrons. The van der Waals surface area contributed by atoms with E-state index in [0.717, 1.165) is 5.69 Å². The molecule has 2 amide bonds. The highest BCUT2D eigenvalue weighted by molar-refractivity contribution is 7.89. The number of rotatable bonds is 5. The average Bonchev–Trinajstić information content (AvgIpc) is 3.21. The largest absolute Gasteiger partial charge is 0.326 e. The van der Waals surface area contributed by atoms with Gasteiger partial charge < -0.3 is 10.2 Å². The summed E-state index contributed by atoms with van der Waals surface area (Å²) in [6, 6.07) is 13.9. The van der Waals surface area contributed by atoms with E-state index in [2.05, 4.69) is 10.0 Å². The van der Waals surface area contributed by atoms with Gasteiger partial charge in [-0.3, -0.25) is 9.59 Å². The Bertz CT molecular complexity index is 1000. The Labute approximate surface area is 157 Å². The van der Waals surface area contributed by atoms with Crippen molar-refractivity contribution in [2.75, 3.05) is 23.3 Å². The van der Waals surface area contributed by atoms with Crippen LogP contribution in [-0.4, -0.2) is 33.3 Å². The van der Waals surface area contributed by atoms with Gasteiger partial charge >= 0.3 is 0 Å². The quantitative estimate of drug-likeness (QED) is 0.816. The number of benzene rings is 2. The summed E-state index contributed by atoms with van der Waals surface area (Å²) in [4.78, 5) is 25.5. The minimum absolute atomic E-state index is 0.00693. The van der Waals surface area contributed by atoms with E-state index in [-0.39, 0.29) is 35.6 Å². The van der Waals surface area contributed by atoms with E-state index in [1.165, 1.54) is 12.1 Å². The van der Waals surface area contributed by atoms with Crippen molar-refractivity contribution in [3.8, 4) is 0 Å². The van der Waals surface area contributed by atoms with Gasteiger partial charge in [-0.1, -0.05) is 18.2 Å². The molecular weight excluding hydrogens is 366 g/mol. The summed E-state index contributed by atoms with van der Waals surface area (Å²) in [6.07, 6.45) is 0.488. The van der Waals surface area contributed by atoms with Crippen LogP contribution in [0.25, 0.3) is 0 Å². The van der Waals surface area contributed by atoms with E-state index < -0.39 is 10.0 Å². The molecule has 2 heterocycles. The first kappa shape index (κ1) is 17.7. The highest BCUT2D eigenvalue weighted by Gasteiger charge is 2.31. The second-order valence-corrected chi connectivity index (χ2v) is 8.57. The molecule has 0 aliphatic carbocycles. The van der Waals surface area contributed by atoms with Gasteiger partial charge in [-0.25, -0.2) is 13.1 Å². The molecule has 7 nitrogen and oxygen atoms in total. The number of nitrogens with one attached hydrogen (secondary N) is 2. The van der Waals surface area contributed by atoms with Gasteiger partial charge in [0.05, 0.1) is 11.3 Å². The van der Waals surface area contributed by atoms with Crippen LogP contribution in [-0.2, 0) is 26.0 Å². The zero-order valence-corrected chi connectivity index (χ0v) is 15.3. The van der Waals surface area contributed by atoms with Crippen molar-refractivity contribution >= 4 is 33.2 Å². The molecule has 2 aliphatic heterocycles. The minimum atomic E-state index is -3.71. The van der Waals surface area contributed by atoms with E-state index in [1.807, 2.05) is 30.3 Å². The van der Waals surface area contributed by atoms with Gasteiger partial charge in [-0.2, -0.15) is 0 Å². The maximum Gasteiger partial charge on any atom is 0.240 e. The van der Waals surface area contributed by atoms with E-state index >= 15 is 0 Å². The fourth-order valence-corrected chi connectivity index (χ4v) is 4.63. The standard InChI is InChI=1S/C19H19N3O4S/c23-18-10-14-9-16(6-7-17(14)21-18)27(25,26)20-11-13-8-19(24)22(12-13)15-4-2-1-3-5-15/h1-7,9,13,20H,8,10-12H2,(H,21,23). The van der Waals surface area contributed by atoms with Crippen molar-refractivity contribution < 1.29 is 18.0 Å². The Balaban J connectivity index is 1.42. The minimum Gasteiger partial charge on any atom is -0.326 e. The third-order valence-corrected chi connectivity index (χ3v) is 6.27. The van der Waals surface area contributed by atoms with Gasteiger partial charge in [0.2, 0.25) is 21.8 Å². The molecule has 2 aromatic rings. The molecule has 4 rings (SSSR count). The summed E-state index contributed by atoms with van der Waals surface area (Å²) < 4.78 is 27.8. The first-order valence-electron chi connectivity index (χ1n) is 8.70. The molecule has 1 atom stereocenters. The van der Waals surface area contributed by atoms with Crippen molar-refractivity contribution in [1.29, 1.82) is 0 Å². The molecule has 0 bridgehead atoms. The summed E-state index contributed by atoms with van der Waals surface area (Å²) in [5.41, 5.74) is 2.15. The Hall–Kier alpha value is -2.71. The van der Waals surface area contributed by atoms with Crippen molar-refractivity contribution in [1.82, 2.24) is 4.72 Å². The second-order valence-electron chi connectivity index (χ2n) is 6.81. The van der Waals surface area contributed by atoms with Gasteiger partial charge in [0.25, 0.3) is 0 Å². The Morgan fingerprint density at radius 1 is 1.11 bits per heavy atom. The lowest BCUT2D eigenvalue weighted by molar-refractivity contribution is -0.117. The molecule has 0 aromatic heterocycles. The molecule has 0 radical (unpaired) electrons. The number of fused-ring (bicyclic) bond motifs is 1. The molecular formula is C19H19N3O4S. The van der Waals surface area contributed by atoms with Crippen LogP contribution in [0.5, 0.6) is 0 Å². The topological polar surface area (TPSA) is 95.6 Å². The molecule has 27 heavy (non-hydrogen) atoms. The fraction of sp³-hybridized carbons (Fsp3) is 0.263. The van der Waals surface area contributed by atoms with E-state index in [4.69, 9.17) is 0 Å². The lowest BCUT2D eigenvalue weighted by Gasteiger charge is -2.17. The Morgan fingerprint density at radius 2 is 1.89 bits per heavy atom. The van der Waals surface area contributed by atoms with Gasteiger partial charge in [0.15, 0.2) is 0 Å². The van der Waals surface area contributed by atoms with Crippen LogP contribution < -0.4 is 14.9 Å². The summed E-state index contributed by atoms with van der Waals surface area (Å²) >= 11 is 0. The maximum atomic E-state index is 12.6. The third kappa shape index (κ3) is 3.58. The Morgan fingerprint density at radius 3 is 2.67 bits per heavy atom. The normalized spacial score (nSPS) is 19.3. The third-order valence-electron chi connectivity index (χ3n) is 4.85. The summed E-state index contributed by atoms with van der Waals surface area (Å²) in [6.45, 7) is 0.666. The van der Waals surface area contributed by atoms with Crippen LogP contribution in [0.1, 0.15) is 12.0 Å². The second kappa shape index (κ2) is 6.79. The van der Waals surface area contributed by atoms with Crippen molar-refractivity contribution in [2.45, 2.75) is 17.7 Å². The van der Waals surface area contributed by atoms with Gasteiger partial charge in [-0.05, 0) is 41.8 Å².